The topological polar surface area (TPSA) is 103 Å². The number of amides is 3. The summed E-state index contributed by atoms with van der Waals surface area (Å²) in [5.74, 6) is -0.555. The second kappa shape index (κ2) is 11.0. The Balaban J connectivity index is 1.96. The summed E-state index contributed by atoms with van der Waals surface area (Å²) in [7, 11) is 1.47. The van der Waals surface area contributed by atoms with E-state index in [1.807, 2.05) is 6.92 Å². The fourth-order valence-electron chi connectivity index (χ4n) is 2.97. The lowest BCUT2D eigenvalue weighted by molar-refractivity contribution is -0.127. The summed E-state index contributed by atoms with van der Waals surface area (Å²) in [6.45, 7) is 3.88. The normalized spacial score (nSPS) is 14.8. The molecule has 1 aliphatic carbocycles. The average molecular weight is 471 g/mol. The van der Waals surface area contributed by atoms with Gasteiger partial charge in [-0.05, 0) is 54.2 Å². The molecule has 0 heterocycles. The summed E-state index contributed by atoms with van der Waals surface area (Å²) in [6.07, 6.45) is 3.61. The number of ether oxygens (including phenoxy) is 3. The summed E-state index contributed by atoms with van der Waals surface area (Å²) in [6, 6.07) is 2.52. The molecule has 1 fully saturated rings. The number of benzene rings is 1. The smallest absolute Gasteiger partial charge is 0.339 e. The zero-order valence-corrected chi connectivity index (χ0v) is 18.5. The van der Waals surface area contributed by atoms with Crippen LogP contribution in [0.5, 0.6) is 11.5 Å². The van der Waals surface area contributed by atoms with Crippen molar-refractivity contribution in [3.8, 4) is 11.5 Å². The summed E-state index contributed by atoms with van der Waals surface area (Å²) in [5, 5.41) is 4.96. The third kappa shape index (κ3) is 6.62. The molecule has 2 rings (SSSR count). The standard InChI is InChI=1S/C20H27BrN2O6/c1-4-9-28-17-15(21)10-13(11-16(17)27-3)19(25)29-12(2)18(24)23-20(26)22-14-7-5-6-8-14/h10-12,14H,4-9H2,1-3H3,(H2,22,23,24,26). The Bertz CT molecular complexity index is 749. The summed E-state index contributed by atoms with van der Waals surface area (Å²) < 4.78 is 16.6. The van der Waals surface area contributed by atoms with Gasteiger partial charge in [0, 0.05) is 6.04 Å². The van der Waals surface area contributed by atoms with E-state index >= 15 is 0 Å². The Morgan fingerprint density at radius 2 is 1.93 bits per heavy atom. The Labute approximate surface area is 178 Å². The van der Waals surface area contributed by atoms with Gasteiger partial charge in [-0.3, -0.25) is 10.1 Å². The molecule has 0 saturated heterocycles. The largest absolute Gasteiger partial charge is 0.493 e. The van der Waals surface area contributed by atoms with Crippen LogP contribution in [0, 0.1) is 0 Å². The summed E-state index contributed by atoms with van der Waals surface area (Å²) in [5.41, 5.74) is 0.188. The summed E-state index contributed by atoms with van der Waals surface area (Å²) in [4.78, 5) is 36.5. The molecule has 8 nitrogen and oxygen atoms in total. The van der Waals surface area contributed by atoms with Crippen molar-refractivity contribution in [3.63, 3.8) is 0 Å². The van der Waals surface area contributed by atoms with Crippen molar-refractivity contribution in [2.75, 3.05) is 13.7 Å². The first kappa shape index (κ1) is 23.0. The van der Waals surface area contributed by atoms with E-state index < -0.39 is 24.0 Å². The van der Waals surface area contributed by atoms with Gasteiger partial charge in [0.25, 0.3) is 5.91 Å². The number of halogens is 1. The molecule has 0 aromatic heterocycles. The molecule has 1 aromatic carbocycles. The van der Waals surface area contributed by atoms with Crippen molar-refractivity contribution in [2.24, 2.45) is 0 Å². The number of esters is 1. The average Bonchev–Trinajstić information content (AvgIpc) is 3.18. The number of urea groups is 1. The lowest BCUT2D eigenvalue weighted by Crippen LogP contribution is -2.47. The van der Waals surface area contributed by atoms with Crippen molar-refractivity contribution in [1.82, 2.24) is 10.6 Å². The van der Waals surface area contributed by atoms with Gasteiger partial charge >= 0.3 is 12.0 Å². The molecule has 160 valence electrons. The highest BCUT2D eigenvalue weighted by molar-refractivity contribution is 9.10. The highest BCUT2D eigenvalue weighted by Crippen LogP contribution is 2.37. The van der Waals surface area contributed by atoms with Crippen LogP contribution in [0.15, 0.2) is 16.6 Å². The zero-order valence-electron chi connectivity index (χ0n) is 16.9. The second-order valence-corrected chi connectivity index (χ2v) is 7.68. The molecule has 0 radical (unpaired) electrons. The van der Waals surface area contributed by atoms with Gasteiger partial charge in [-0.1, -0.05) is 19.8 Å². The molecule has 0 bridgehead atoms. The molecule has 1 atom stereocenters. The van der Waals surface area contributed by atoms with E-state index in [1.165, 1.54) is 26.2 Å². The first-order valence-corrected chi connectivity index (χ1v) is 10.5. The number of nitrogens with one attached hydrogen (secondary N) is 2. The van der Waals surface area contributed by atoms with Gasteiger partial charge < -0.3 is 19.5 Å². The number of hydrogen-bond acceptors (Lipinski definition) is 6. The van der Waals surface area contributed by atoms with Crippen LogP contribution in [0.4, 0.5) is 4.79 Å². The Morgan fingerprint density at radius 1 is 1.24 bits per heavy atom. The molecule has 29 heavy (non-hydrogen) atoms. The van der Waals surface area contributed by atoms with Crippen molar-refractivity contribution in [2.45, 2.75) is 58.1 Å². The van der Waals surface area contributed by atoms with Crippen molar-refractivity contribution < 1.29 is 28.6 Å². The number of rotatable bonds is 8. The van der Waals surface area contributed by atoms with E-state index in [1.54, 1.807) is 0 Å². The Morgan fingerprint density at radius 3 is 2.55 bits per heavy atom. The maximum absolute atomic E-state index is 12.4. The second-order valence-electron chi connectivity index (χ2n) is 6.83. The highest BCUT2D eigenvalue weighted by atomic mass is 79.9. The predicted molar refractivity (Wildman–Crippen MR) is 110 cm³/mol. The van der Waals surface area contributed by atoms with Gasteiger partial charge in [0.1, 0.15) is 0 Å². The van der Waals surface area contributed by atoms with Crippen LogP contribution < -0.4 is 20.1 Å². The van der Waals surface area contributed by atoms with E-state index in [9.17, 15) is 14.4 Å². The van der Waals surface area contributed by atoms with E-state index in [4.69, 9.17) is 14.2 Å². The molecule has 1 unspecified atom stereocenters. The minimum absolute atomic E-state index is 0.0823. The van der Waals surface area contributed by atoms with Crippen LogP contribution in [-0.2, 0) is 9.53 Å². The number of methoxy groups -OCH3 is 1. The fraction of sp³-hybridized carbons (Fsp3) is 0.550. The molecule has 0 aliphatic heterocycles. The third-order valence-electron chi connectivity index (χ3n) is 4.50. The molecule has 9 heteroatoms. The van der Waals surface area contributed by atoms with Crippen LogP contribution >= 0.6 is 15.9 Å². The number of carbonyl (C=O) groups is 3. The fourth-order valence-corrected chi connectivity index (χ4v) is 3.53. The molecule has 3 amide bonds. The van der Waals surface area contributed by atoms with Crippen LogP contribution in [0.2, 0.25) is 0 Å². The van der Waals surface area contributed by atoms with Gasteiger partial charge in [-0.15, -0.1) is 0 Å². The number of hydrogen-bond donors (Lipinski definition) is 2. The Hall–Kier alpha value is -2.29. The van der Waals surface area contributed by atoms with Gasteiger partial charge in [-0.25, -0.2) is 9.59 Å². The van der Waals surface area contributed by atoms with Crippen LogP contribution in [-0.4, -0.2) is 43.8 Å². The number of carbonyl (C=O) groups excluding carboxylic acids is 3. The SMILES string of the molecule is CCCOc1c(Br)cc(C(=O)OC(C)C(=O)NC(=O)NC2CCCC2)cc1OC. The maximum atomic E-state index is 12.4. The van der Waals surface area contributed by atoms with Gasteiger partial charge in [0.15, 0.2) is 17.6 Å². The predicted octanol–water partition coefficient (Wildman–Crippen LogP) is 3.56. The van der Waals surface area contributed by atoms with Crippen LogP contribution in [0.25, 0.3) is 0 Å². The maximum Gasteiger partial charge on any atom is 0.339 e. The molecule has 1 saturated carbocycles. The van der Waals surface area contributed by atoms with Crippen LogP contribution in [0.1, 0.15) is 56.3 Å². The van der Waals surface area contributed by atoms with Crippen molar-refractivity contribution in [1.29, 1.82) is 0 Å². The quantitative estimate of drug-likeness (QED) is 0.563. The molecular formula is C20H27BrN2O6. The van der Waals surface area contributed by atoms with E-state index in [-0.39, 0.29) is 11.6 Å². The lowest BCUT2D eigenvalue weighted by Gasteiger charge is -2.17. The van der Waals surface area contributed by atoms with Crippen LogP contribution in [0.3, 0.4) is 0 Å². The molecule has 2 N–H and O–H groups in total. The lowest BCUT2D eigenvalue weighted by atomic mass is 10.2. The molecular weight excluding hydrogens is 444 g/mol. The molecule has 0 spiro atoms. The van der Waals surface area contributed by atoms with Gasteiger partial charge in [-0.2, -0.15) is 0 Å². The van der Waals surface area contributed by atoms with E-state index in [0.717, 1.165) is 32.1 Å². The Kier molecular flexibility index (Phi) is 8.75. The first-order chi connectivity index (χ1) is 13.8. The highest BCUT2D eigenvalue weighted by Gasteiger charge is 2.24. The third-order valence-corrected chi connectivity index (χ3v) is 5.08. The monoisotopic (exact) mass is 470 g/mol. The minimum Gasteiger partial charge on any atom is -0.493 e. The first-order valence-electron chi connectivity index (χ1n) is 9.68. The van der Waals surface area contributed by atoms with Crippen molar-refractivity contribution in [3.05, 3.63) is 22.2 Å². The minimum atomic E-state index is -1.14. The van der Waals surface area contributed by atoms with Gasteiger partial charge in [0.2, 0.25) is 0 Å². The van der Waals surface area contributed by atoms with Gasteiger partial charge in [0.05, 0.1) is 23.8 Å². The van der Waals surface area contributed by atoms with E-state index in [2.05, 4.69) is 26.6 Å². The van der Waals surface area contributed by atoms with Crippen molar-refractivity contribution >= 4 is 33.8 Å². The number of imide groups is 1. The molecule has 1 aromatic rings. The molecule has 1 aliphatic rings. The summed E-state index contributed by atoms with van der Waals surface area (Å²) >= 11 is 3.36. The zero-order chi connectivity index (χ0) is 21.4. The van der Waals surface area contributed by atoms with E-state index in [0.29, 0.717) is 22.6 Å².